The van der Waals surface area contributed by atoms with Gasteiger partial charge in [-0.2, -0.15) is 0 Å². The fraction of sp³-hybridized carbons (Fsp3) is 0.125. The van der Waals surface area contributed by atoms with Crippen LogP contribution in [0.4, 0.5) is 0 Å². The Morgan fingerprint density at radius 3 is 2.92 bits per heavy atom. The summed E-state index contributed by atoms with van der Waals surface area (Å²) >= 11 is 11.5. The van der Waals surface area contributed by atoms with E-state index in [0.717, 1.165) is 5.76 Å². The fourth-order valence-electron chi connectivity index (χ4n) is 0.977. The van der Waals surface area contributed by atoms with E-state index in [2.05, 4.69) is 11.2 Å². The Morgan fingerprint density at radius 2 is 2.38 bits per heavy atom. The fourth-order valence-corrected chi connectivity index (χ4v) is 1.28. The molecule has 0 unspecified atom stereocenters. The maximum Gasteiger partial charge on any atom is 0.169 e. The van der Waals surface area contributed by atoms with Crippen molar-refractivity contribution >= 4 is 23.2 Å². The van der Waals surface area contributed by atoms with Gasteiger partial charge in [-0.05, 0) is 12.1 Å². The maximum atomic E-state index is 5.84. The number of rotatable bonds is 2. The molecule has 5 heteroatoms. The Bertz CT molecular complexity index is 394. The summed E-state index contributed by atoms with van der Waals surface area (Å²) in [6, 6.07) is 3.51. The van der Waals surface area contributed by atoms with Gasteiger partial charge in [0, 0.05) is 0 Å². The lowest BCUT2D eigenvalue weighted by Crippen LogP contribution is -1.96. The van der Waals surface area contributed by atoms with E-state index in [9.17, 15) is 0 Å². The zero-order chi connectivity index (χ0) is 9.26. The smallest absolute Gasteiger partial charge is 0.169 e. The Kier molecular flexibility index (Phi) is 2.29. The van der Waals surface area contributed by atoms with Gasteiger partial charge in [0.1, 0.15) is 10.9 Å². The van der Waals surface area contributed by atoms with E-state index in [1.54, 1.807) is 17.0 Å². The minimum absolute atomic E-state index is 0.303. The third-order valence-corrected chi connectivity index (χ3v) is 2.36. The molecule has 2 heterocycles. The summed E-state index contributed by atoms with van der Waals surface area (Å²) in [4.78, 5) is 3.84. The van der Waals surface area contributed by atoms with Crippen LogP contribution in [0.1, 0.15) is 5.76 Å². The van der Waals surface area contributed by atoms with Gasteiger partial charge in [0.25, 0.3) is 0 Å². The number of hydrogen-bond donors (Lipinski definition) is 0. The summed E-state index contributed by atoms with van der Waals surface area (Å²) < 4.78 is 6.72. The predicted molar refractivity (Wildman–Crippen MR) is 48.9 cm³/mol. The first kappa shape index (κ1) is 8.66. The third-order valence-electron chi connectivity index (χ3n) is 1.59. The van der Waals surface area contributed by atoms with E-state index in [0.29, 0.717) is 16.9 Å². The van der Waals surface area contributed by atoms with Crippen molar-refractivity contribution in [2.45, 2.75) is 6.54 Å². The normalized spacial score (nSPS) is 10.6. The zero-order valence-electron chi connectivity index (χ0n) is 6.50. The van der Waals surface area contributed by atoms with Crippen molar-refractivity contribution in [2.75, 3.05) is 0 Å². The van der Waals surface area contributed by atoms with Gasteiger partial charge in [0.15, 0.2) is 11.4 Å². The molecule has 0 saturated carbocycles. The molecular weight excluding hydrogens is 211 g/mol. The van der Waals surface area contributed by atoms with Crippen molar-refractivity contribution in [1.29, 1.82) is 0 Å². The second-order valence-electron chi connectivity index (χ2n) is 2.47. The van der Waals surface area contributed by atoms with E-state index in [4.69, 9.17) is 27.6 Å². The SMILES string of the molecule is Clc1ncn(Cc2cc[c]o2)c1Cl. The number of nitrogens with zero attached hydrogens (tertiary/aromatic N) is 2. The first-order valence-electron chi connectivity index (χ1n) is 3.58. The molecule has 0 fully saturated rings. The molecule has 13 heavy (non-hydrogen) atoms. The molecular formula is C8H5Cl2N2O. The summed E-state index contributed by atoms with van der Waals surface area (Å²) in [5, 5.41) is 0.718. The number of imidazole rings is 1. The summed E-state index contributed by atoms with van der Waals surface area (Å²) in [7, 11) is 0. The lowest BCUT2D eigenvalue weighted by atomic mass is 10.4. The van der Waals surface area contributed by atoms with Crippen LogP contribution in [0.25, 0.3) is 0 Å². The van der Waals surface area contributed by atoms with Crippen molar-refractivity contribution in [2.24, 2.45) is 0 Å². The zero-order valence-corrected chi connectivity index (χ0v) is 8.01. The van der Waals surface area contributed by atoms with Crippen molar-refractivity contribution in [3.8, 4) is 0 Å². The van der Waals surface area contributed by atoms with Crippen LogP contribution < -0.4 is 0 Å². The predicted octanol–water partition coefficient (Wildman–Crippen LogP) is 2.63. The number of furan rings is 1. The molecule has 0 aliphatic carbocycles. The van der Waals surface area contributed by atoms with Gasteiger partial charge in [-0.3, -0.25) is 0 Å². The molecule has 0 saturated heterocycles. The molecule has 1 radical (unpaired) electrons. The number of halogens is 2. The average molecular weight is 216 g/mol. The minimum atomic E-state index is 0.303. The van der Waals surface area contributed by atoms with Gasteiger partial charge in [0.05, 0.1) is 12.9 Å². The van der Waals surface area contributed by atoms with Gasteiger partial charge in [0.2, 0.25) is 0 Å². The van der Waals surface area contributed by atoms with Crippen molar-refractivity contribution in [1.82, 2.24) is 9.55 Å². The Hall–Kier alpha value is -0.930. The maximum absolute atomic E-state index is 5.84. The summed E-state index contributed by atoms with van der Waals surface area (Å²) in [6.07, 6.45) is 4.15. The van der Waals surface area contributed by atoms with Gasteiger partial charge < -0.3 is 8.98 Å². The number of hydrogen-bond acceptors (Lipinski definition) is 2. The molecule has 0 spiro atoms. The highest BCUT2D eigenvalue weighted by Crippen LogP contribution is 2.20. The van der Waals surface area contributed by atoms with Gasteiger partial charge in [-0.15, -0.1) is 0 Å². The van der Waals surface area contributed by atoms with E-state index in [1.807, 2.05) is 6.07 Å². The van der Waals surface area contributed by atoms with Crippen molar-refractivity contribution < 1.29 is 4.42 Å². The third kappa shape index (κ3) is 1.71. The van der Waals surface area contributed by atoms with Crippen LogP contribution in [0.5, 0.6) is 0 Å². The molecule has 0 N–H and O–H groups in total. The molecule has 2 aromatic rings. The molecule has 0 amide bonds. The van der Waals surface area contributed by atoms with E-state index in [-0.39, 0.29) is 0 Å². The second-order valence-corrected chi connectivity index (χ2v) is 3.19. The molecule has 0 aromatic carbocycles. The second kappa shape index (κ2) is 3.44. The average Bonchev–Trinajstić information content (AvgIpc) is 2.71. The lowest BCUT2D eigenvalue weighted by molar-refractivity contribution is 0.487. The topological polar surface area (TPSA) is 31.0 Å². The molecule has 0 bridgehead atoms. The first-order valence-corrected chi connectivity index (χ1v) is 4.34. The van der Waals surface area contributed by atoms with Crippen molar-refractivity contribution in [3.05, 3.63) is 40.8 Å². The van der Waals surface area contributed by atoms with Crippen LogP contribution in [0.2, 0.25) is 10.3 Å². The molecule has 0 aliphatic rings. The van der Waals surface area contributed by atoms with Gasteiger partial charge in [-0.1, -0.05) is 23.2 Å². The Balaban J connectivity index is 2.24. The molecule has 0 atom stereocenters. The highest BCUT2D eigenvalue weighted by atomic mass is 35.5. The molecule has 2 aromatic heterocycles. The van der Waals surface area contributed by atoms with Crippen LogP contribution in [0.15, 0.2) is 22.9 Å². The van der Waals surface area contributed by atoms with Gasteiger partial charge in [-0.25, -0.2) is 4.98 Å². The molecule has 3 nitrogen and oxygen atoms in total. The number of aromatic nitrogens is 2. The van der Waals surface area contributed by atoms with E-state index < -0.39 is 0 Å². The van der Waals surface area contributed by atoms with Crippen LogP contribution >= 0.6 is 23.2 Å². The largest absolute Gasteiger partial charge is 0.456 e. The van der Waals surface area contributed by atoms with E-state index in [1.165, 1.54) is 0 Å². The summed E-state index contributed by atoms with van der Waals surface area (Å²) in [5.41, 5.74) is 0. The van der Waals surface area contributed by atoms with Gasteiger partial charge >= 0.3 is 0 Å². The Labute approximate surface area is 84.9 Å². The summed E-state index contributed by atoms with van der Waals surface area (Å²) in [5.74, 6) is 0.760. The highest BCUT2D eigenvalue weighted by molar-refractivity contribution is 6.40. The molecule has 0 aliphatic heterocycles. The quantitative estimate of drug-likeness (QED) is 0.772. The highest BCUT2D eigenvalue weighted by Gasteiger charge is 2.07. The Morgan fingerprint density at radius 1 is 1.54 bits per heavy atom. The van der Waals surface area contributed by atoms with E-state index >= 15 is 0 Å². The standard InChI is InChI=1S/C8H5Cl2N2O/c9-7-8(10)12(5-11-7)4-6-2-1-3-13-6/h1-2,5H,4H2. The van der Waals surface area contributed by atoms with Crippen molar-refractivity contribution in [3.63, 3.8) is 0 Å². The monoisotopic (exact) mass is 215 g/mol. The molecule has 2 rings (SSSR count). The lowest BCUT2D eigenvalue weighted by Gasteiger charge is -1.99. The van der Waals surface area contributed by atoms with Crippen LogP contribution in [-0.2, 0) is 6.54 Å². The van der Waals surface area contributed by atoms with Crippen LogP contribution in [-0.4, -0.2) is 9.55 Å². The van der Waals surface area contributed by atoms with Crippen LogP contribution in [0.3, 0.4) is 0 Å². The minimum Gasteiger partial charge on any atom is -0.456 e. The van der Waals surface area contributed by atoms with Crippen LogP contribution in [0, 0.1) is 6.26 Å². The summed E-state index contributed by atoms with van der Waals surface area (Å²) in [6.45, 7) is 0.516. The first-order chi connectivity index (χ1) is 6.27. The molecule has 67 valence electrons.